The Morgan fingerprint density at radius 3 is 2.54 bits per heavy atom. The Morgan fingerprint density at radius 1 is 1.54 bits per heavy atom. The molecule has 1 rings (SSSR count). The average Bonchev–Trinajstić information content (AvgIpc) is 2.32. The smallest absolute Gasteiger partial charge is 0.240 e. The van der Waals surface area contributed by atoms with E-state index in [0.29, 0.717) is 0 Å². The van der Waals surface area contributed by atoms with Crippen LogP contribution in [-0.4, -0.2) is 35.5 Å². The van der Waals surface area contributed by atoms with Gasteiger partial charge in [0.1, 0.15) is 0 Å². The quantitative estimate of drug-likeness (QED) is 0.694. The number of hydrogen-bond acceptors (Lipinski definition) is 2. The second kappa shape index (κ2) is 3.66. The maximum Gasteiger partial charge on any atom is 0.240 e. The molecule has 3 heteroatoms. The van der Waals surface area contributed by atoms with Crippen LogP contribution in [0.5, 0.6) is 0 Å². The summed E-state index contributed by atoms with van der Waals surface area (Å²) in [5.74, 6) is 0.259. The summed E-state index contributed by atoms with van der Waals surface area (Å²) in [5, 5.41) is 3.21. The van der Waals surface area contributed by atoms with E-state index >= 15 is 0 Å². The molecular formula is C10H20N2O. The number of nitrogens with zero attached hydrogens (tertiary/aromatic N) is 1. The van der Waals surface area contributed by atoms with Crippen LogP contribution in [0.1, 0.15) is 34.1 Å². The Kier molecular flexibility index (Phi) is 2.96. The maximum absolute atomic E-state index is 11.8. The van der Waals surface area contributed by atoms with Crippen molar-refractivity contribution in [3.8, 4) is 0 Å². The van der Waals surface area contributed by atoms with Gasteiger partial charge in [-0.3, -0.25) is 4.79 Å². The van der Waals surface area contributed by atoms with Crippen molar-refractivity contribution in [2.45, 2.75) is 45.7 Å². The van der Waals surface area contributed by atoms with Gasteiger partial charge in [0.15, 0.2) is 0 Å². The summed E-state index contributed by atoms with van der Waals surface area (Å²) in [6, 6.07) is 0.0595. The molecule has 1 atom stereocenters. The molecule has 1 fully saturated rings. The van der Waals surface area contributed by atoms with Crippen LogP contribution < -0.4 is 5.32 Å². The number of rotatable bonds is 2. The van der Waals surface area contributed by atoms with Crippen LogP contribution in [0.3, 0.4) is 0 Å². The highest BCUT2D eigenvalue weighted by atomic mass is 16.2. The molecule has 0 aromatic heterocycles. The standard InChI is InChI=1S/C10H20N2O/c1-5-11-8-6-7-12(9(8)13)10(2,3)4/h8,11H,5-7H2,1-4H3. The number of likely N-dealkylation sites (N-methyl/N-ethyl adjacent to an activating group) is 1. The fourth-order valence-corrected chi connectivity index (χ4v) is 1.78. The Labute approximate surface area is 80.5 Å². The third-order valence-electron chi connectivity index (χ3n) is 2.47. The van der Waals surface area contributed by atoms with Gasteiger partial charge in [-0.1, -0.05) is 6.92 Å². The SMILES string of the molecule is CCNC1CCN(C(C)(C)C)C1=O. The second-order valence-electron chi connectivity index (χ2n) is 4.56. The molecule has 0 aromatic rings. The highest BCUT2D eigenvalue weighted by molar-refractivity contribution is 5.84. The summed E-state index contributed by atoms with van der Waals surface area (Å²) in [5.41, 5.74) is -0.0265. The van der Waals surface area contributed by atoms with Crippen LogP contribution in [-0.2, 0) is 4.79 Å². The van der Waals surface area contributed by atoms with E-state index in [1.54, 1.807) is 0 Å². The number of likely N-dealkylation sites (tertiary alicyclic amines) is 1. The zero-order valence-electron chi connectivity index (χ0n) is 9.05. The lowest BCUT2D eigenvalue weighted by atomic mass is 10.1. The van der Waals surface area contributed by atoms with Crippen molar-refractivity contribution in [3.05, 3.63) is 0 Å². The molecule has 13 heavy (non-hydrogen) atoms. The van der Waals surface area contributed by atoms with Gasteiger partial charge >= 0.3 is 0 Å². The first kappa shape index (κ1) is 10.5. The van der Waals surface area contributed by atoms with E-state index in [-0.39, 0.29) is 17.5 Å². The summed E-state index contributed by atoms with van der Waals surface area (Å²) < 4.78 is 0. The van der Waals surface area contributed by atoms with Crippen molar-refractivity contribution in [2.75, 3.05) is 13.1 Å². The normalized spacial score (nSPS) is 24.2. The monoisotopic (exact) mass is 184 g/mol. The molecule has 1 saturated heterocycles. The molecular weight excluding hydrogens is 164 g/mol. The van der Waals surface area contributed by atoms with Crippen molar-refractivity contribution in [3.63, 3.8) is 0 Å². The summed E-state index contributed by atoms with van der Waals surface area (Å²) in [4.78, 5) is 13.8. The minimum atomic E-state index is -0.0265. The molecule has 76 valence electrons. The molecule has 0 aromatic carbocycles. The predicted molar refractivity (Wildman–Crippen MR) is 53.5 cm³/mol. The summed E-state index contributed by atoms with van der Waals surface area (Å²) in [6.45, 7) is 10.0. The predicted octanol–water partition coefficient (Wildman–Crippen LogP) is 0.995. The number of carbonyl (C=O) groups excluding carboxylic acids is 1. The number of hydrogen-bond donors (Lipinski definition) is 1. The number of carbonyl (C=O) groups is 1. The zero-order chi connectivity index (χ0) is 10.1. The van der Waals surface area contributed by atoms with Gasteiger partial charge in [-0.15, -0.1) is 0 Å². The molecule has 0 saturated carbocycles. The minimum Gasteiger partial charge on any atom is -0.336 e. The molecule has 1 unspecified atom stereocenters. The first-order chi connectivity index (χ1) is 5.96. The van der Waals surface area contributed by atoms with Gasteiger partial charge in [0.05, 0.1) is 6.04 Å². The lowest BCUT2D eigenvalue weighted by molar-refractivity contribution is -0.133. The van der Waals surface area contributed by atoms with E-state index in [0.717, 1.165) is 19.5 Å². The van der Waals surface area contributed by atoms with Gasteiger partial charge in [-0.05, 0) is 33.7 Å². The molecule has 1 N–H and O–H groups in total. The zero-order valence-corrected chi connectivity index (χ0v) is 9.05. The van der Waals surface area contributed by atoms with Crippen LogP contribution in [0.15, 0.2) is 0 Å². The molecule has 0 radical (unpaired) electrons. The first-order valence-electron chi connectivity index (χ1n) is 5.01. The molecule has 0 aliphatic carbocycles. The van der Waals surface area contributed by atoms with E-state index in [4.69, 9.17) is 0 Å². The number of amides is 1. The van der Waals surface area contributed by atoms with E-state index < -0.39 is 0 Å². The number of nitrogens with one attached hydrogen (secondary N) is 1. The summed E-state index contributed by atoms with van der Waals surface area (Å²) in [7, 11) is 0. The van der Waals surface area contributed by atoms with Crippen LogP contribution >= 0.6 is 0 Å². The van der Waals surface area contributed by atoms with Crippen LogP contribution in [0.25, 0.3) is 0 Å². The van der Waals surface area contributed by atoms with Crippen LogP contribution in [0.4, 0.5) is 0 Å². The third-order valence-corrected chi connectivity index (χ3v) is 2.47. The summed E-state index contributed by atoms with van der Waals surface area (Å²) >= 11 is 0. The van der Waals surface area contributed by atoms with E-state index in [9.17, 15) is 4.79 Å². The first-order valence-corrected chi connectivity index (χ1v) is 5.01. The largest absolute Gasteiger partial charge is 0.336 e. The highest BCUT2D eigenvalue weighted by Crippen LogP contribution is 2.21. The lowest BCUT2D eigenvalue weighted by Gasteiger charge is -2.32. The Balaban J connectivity index is 2.60. The molecule has 3 nitrogen and oxygen atoms in total. The molecule has 0 spiro atoms. The second-order valence-corrected chi connectivity index (χ2v) is 4.56. The van der Waals surface area contributed by atoms with Crippen LogP contribution in [0.2, 0.25) is 0 Å². The fourth-order valence-electron chi connectivity index (χ4n) is 1.78. The fraction of sp³-hybridized carbons (Fsp3) is 0.900. The summed E-state index contributed by atoms with van der Waals surface area (Å²) in [6.07, 6.45) is 0.948. The molecule has 1 aliphatic heterocycles. The minimum absolute atomic E-state index is 0.0265. The maximum atomic E-state index is 11.8. The molecule has 1 heterocycles. The molecule has 1 amide bonds. The van der Waals surface area contributed by atoms with Crippen molar-refractivity contribution in [1.82, 2.24) is 10.2 Å². The Hall–Kier alpha value is -0.570. The van der Waals surface area contributed by atoms with Gasteiger partial charge in [0.25, 0.3) is 0 Å². The lowest BCUT2D eigenvalue weighted by Crippen LogP contribution is -2.46. The van der Waals surface area contributed by atoms with Gasteiger partial charge in [-0.25, -0.2) is 0 Å². The van der Waals surface area contributed by atoms with Gasteiger partial charge < -0.3 is 10.2 Å². The Morgan fingerprint density at radius 2 is 2.15 bits per heavy atom. The van der Waals surface area contributed by atoms with Crippen molar-refractivity contribution < 1.29 is 4.79 Å². The van der Waals surface area contributed by atoms with Gasteiger partial charge in [0.2, 0.25) is 5.91 Å². The van der Waals surface area contributed by atoms with Crippen molar-refractivity contribution in [1.29, 1.82) is 0 Å². The van der Waals surface area contributed by atoms with E-state index in [2.05, 4.69) is 26.1 Å². The van der Waals surface area contributed by atoms with Crippen LogP contribution in [0, 0.1) is 0 Å². The Bertz CT molecular complexity index is 196. The van der Waals surface area contributed by atoms with Gasteiger partial charge in [0, 0.05) is 12.1 Å². The van der Waals surface area contributed by atoms with E-state index in [1.165, 1.54) is 0 Å². The van der Waals surface area contributed by atoms with Crippen molar-refractivity contribution in [2.24, 2.45) is 0 Å². The topological polar surface area (TPSA) is 32.3 Å². The average molecular weight is 184 g/mol. The third kappa shape index (κ3) is 2.21. The highest BCUT2D eigenvalue weighted by Gasteiger charge is 2.36. The molecule has 0 bridgehead atoms. The van der Waals surface area contributed by atoms with Gasteiger partial charge in [-0.2, -0.15) is 0 Å². The van der Waals surface area contributed by atoms with Crippen molar-refractivity contribution >= 4 is 5.91 Å². The van der Waals surface area contributed by atoms with E-state index in [1.807, 2.05) is 11.8 Å². The molecule has 1 aliphatic rings.